The number of guanidine groups is 1. The van der Waals surface area contributed by atoms with Gasteiger partial charge in [0, 0.05) is 11.3 Å². The quantitative estimate of drug-likeness (QED) is 0.327. The number of fused-ring (bicyclic) bond motifs is 1. The van der Waals surface area contributed by atoms with E-state index in [1.165, 1.54) is 4.90 Å². The fourth-order valence-corrected chi connectivity index (χ4v) is 3.14. The molecule has 136 valence electrons. The molecule has 0 fully saturated rings. The molecule has 0 radical (unpaired) electrons. The van der Waals surface area contributed by atoms with Crippen molar-refractivity contribution in [3.63, 3.8) is 0 Å². The van der Waals surface area contributed by atoms with Crippen LogP contribution in [-0.2, 0) is 0 Å². The van der Waals surface area contributed by atoms with Gasteiger partial charge >= 0.3 is 0 Å². The Kier molecular flexibility index (Phi) is 4.72. The Hall–Kier alpha value is -3.55. The fraction of sp³-hybridized carbons (Fsp3) is 0.250. The second-order valence-electron chi connectivity index (χ2n) is 6.91. The van der Waals surface area contributed by atoms with E-state index in [-0.39, 0.29) is 5.96 Å². The number of anilines is 2. The second kappa shape index (κ2) is 6.99. The Morgan fingerprint density at radius 2 is 1.93 bits per heavy atom. The SMILES string of the molecule is CC1(C)Nc2ccc(C#N)cc2[C@H](N=C(N)N(C#N)c2ccccc2)[C@H]1O. The molecule has 27 heavy (non-hydrogen) atoms. The lowest BCUT2D eigenvalue weighted by Crippen LogP contribution is -2.50. The Bertz CT molecular complexity index is 955. The molecule has 2 atom stereocenters. The van der Waals surface area contributed by atoms with E-state index in [2.05, 4.69) is 16.4 Å². The lowest BCUT2D eigenvalue weighted by Gasteiger charge is -2.42. The Morgan fingerprint density at radius 3 is 2.56 bits per heavy atom. The van der Waals surface area contributed by atoms with E-state index in [0.29, 0.717) is 16.8 Å². The van der Waals surface area contributed by atoms with Gasteiger partial charge in [0.15, 0.2) is 6.19 Å². The van der Waals surface area contributed by atoms with Gasteiger partial charge in [-0.25, -0.2) is 9.89 Å². The summed E-state index contributed by atoms with van der Waals surface area (Å²) in [5, 5.41) is 32.9. The maximum absolute atomic E-state index is 10.9. The third kappa shape index (κ3) is 3.41. The smallest absolute Gasteiger partial charge is 0.210 e. The Labute approximate surface area is 158 Å². The number of benzene rings is 2. The number of nitrogens with zero attached hydrogens (tertiary/aromatic N) is 4. The zero-order chi connectivity index (χ0) is 19.6. The van der Waals surface area contributed by atoms with E-state index in [9.17, 15) is 15.6 Å². The molecule has 0 aliphatic carbocycles. The minimum absolute atomic E-state index is 0.0289. The molecule has 2 aromatic carbocycles. The van der Waals surface area contributed by atoms with Gasteiger partial charge in [-0.05, 0) is 44.2 Å². The average Bonchev–Trinajstić information content (AvgIpc) is 2.66. The van der Waals surface area contributed by atoms with Crippen molar-refractivity contribution in [3.05, 3.63) is 59.7 Å². The maximum atomic E-state index is 10.9. The molecule has 3 rings (SSSR count). The van der Waals surface area contributed by atoms with E-state index < -0.39 is 17.7 Å². The van der Waals surface area contributed by atoms with Crippen LogP contribution in [0, 0.1) is 22.8 Å². The minimum atomic E-state index is -0.909. The molecule has 7 nitrogen and oxygen atoms in total. The predicted molar refractivity (Wildman–Crippen MR) is 104 cm³/mol. The first-order valence-electron chi connectivity index (χ1n) is 8.46. The molecule has 1 heterocycles. The van der Waals surface area contributed by atoms with Crippen LogP contribution in [0.3, 0.4) is 0 Å². The van der Waals surface area contributed by atoms with Gasteiger partial charge in [0.25, 0.3) is 0 Å². The summed E-state index contributed by atoms with van der Waals surface area (Å²) in [5.41, 5.74) is 7.93. The van der Waals surface area contributed by atoms with Gasteiger partial charge < -0.3 is 16.2 Å². The molecule has 0 saturated carbocycles. The van der Waals surface area contributed by atoms with Crippen LogP contribution in [0.1, 0.15) is 31.0 Å². The van der Waals surface area contributed by atoms with Crippen molar-refractivity contribution in [2.24, 2.45) is 10.7 Å². The van der Waals surface area contributed by atoms with Gasteiger partial charge in [-0.2, -0.15) is 10.5 Å². The minimum Gasteiger partial charge on any atom is -0.388 e. The van der Waals surface area contributed by atoms with Crippen LogP contribution >= 0.6 is 0 Å². The first-order chi connectivity index (χ1) is 12.9. The molecule has 0 amide bonds. The molecule has 0 bridgehead atoms. The molecule has 4 N–H and O–H groups in total. The molecule has 0 unspecified atom stereocenters. The van der Waals surface area contributed by atoms with Crippen molar-refractivity contribution in [1.29, 1.82) is 10.5 Å². The van der Waals surface area contributed by atoms with Crippen molar-refractivity contribution in [1.82, 2.24) is 0 Å². The zero-order valence-corrected chi connectivity index (χ0v) is 15.1. The number of hydrogen-bond acceptors (Lipinski definition) is 5. The van der Waals surface area contributed by atoms with Crippen molar-refractivity contribution < 1.29 is 5.11 Å². The van der Waals surface area contributed by atoms with Crippen LogP contribution in [0.4, 0.5) is 11.4 Å². The van der Waals surface area contributed by atoms with E-state index in [0.717, 1.165) is 5.69 Å². The van der Waals surface area contributed by atoms with Crippen LogP contribution in [0.25, 0.3) is 0 Å². The molecular weight excluding hydrogens is 340 g/mol. The van der Waals surface area contributed by atoms with Crippen molar-refractivity contribution in [3.8, 4) is 12.3 Å². The molecule has 0 saturated heterocycles. The number of aliphatic imine (C=N–C) groups is 1. The fourth-order valence-electron chi connectivity index (χ4n) is 3.14. The van der Waals surface area contributed by atoms with Crippen molar-refractivity contribution in [2.45, 2.75) is 31.5 Å². The molecule has 7 heteroatoms. The number of aliphatic hydroxyl groups is 1. The maximum Gasteiger partial charge on any atom is 0.210 e. The highest BCUT2D eigenvalue weighted by molar-refractivity contribution is 5.97. The number of nitriles is 2. The van der Waals surface area contributed by atoms with Crippen LogP contribution in [0.5, 0.6) is 0 Å². The highest BCUT2D eigenvalue weighted by Crippen LogP contribution is 2.40. The zero-order valence-electron chi connectivity index (χ0n) is 15.1. The summed E-state index contributed by atoms with van der Waals surface area (Å²) in [5.74, 6) is -0.0289. The standard InChI is InChI=1S/C20H20N6O/c1-20(2)18(27)17(15-10-13(11-21)8-9-16(15)25-20)24-19(23)26(12-22)14-6-4-3-5-7-14/h3-10,17-18,25,27H,1-2H3,(H2,23,24)/t17-,18+/m0/s1. The van der Waals surface area contributed by atoms with Crippen LogP contribution in [0.15, 0.2) is 53.5 Å². The van der Waals surface area contributed by atoms with E-state index in [1.807, 2.05) is 26.1 Å². The number of para-hydroxylation sites is 1. The number of hydrogen-bond donors (Lipinski definition) is 3. The number of aliphatic hydroxyl groups excluding tert-OH is 1. The summed E-state index contributed by atoms with van der Waals surface area (Å²) >= 11 is 0. The first-order valence-corrected chi connectivity index (χ1v) is 8.46. The molecule has 1 aliphatic rings. The average molecular weight is 360 g/mol. The highest BCUT2D eigenvalue weighted by atomic mass is 16.3. The molecule has 0 spiro atoms. The lowest BCUT2D eigenvalue weighted by molar-refractivity contribution is 0.0837. The van der Waals surface area contributed by atoms with E-state index in [1.54, 1.807) is 42.5 Å². The third-order valence-corrected chi connectivity index (χ3v) is 4.61. The van der Waals surface area contributed by atoms with E-state index in [4.69, 9.17) is 5.73 Å². The Balaban J connectivity index is 2.08. The normalized spacial score (nSPS) is 20.6. The topological polar surface area (TPSA) is 121 Å². The number of nitrogens with one attached hydrogen (secondary N) is 1. The summed E-state index contributed by atoms with van der Waals surface area (Å²) in [6.45, 7) is 3.72. The van der Waals surface area contributed by atoms with Gasteiger partial charge in [0.05, 0.1) is 22.9 Å². The second-order valence-corrected chi connectivity index (χ2v) is 6.91. The molecular formula is C20H20N6O. The van der Waals surface area contributed by atoms with Gasteiger partial charge in [-0.1, -0.05) is 18.2 Å². The van der Waals surface area contributed by atoms with Crippen molar-refractivity contribution in [2.75, 3.05) is 10.2 Å². The van der Waals surface area contributed by atoms with Crippen LogP contribution in [-0.4, -0.2) is 22.7 Å². The Morgan fingerprint density at radius 1 is 1.22 bits per heavy atom. The van der Waals surface area contributed by atoms with E-state index >= 15 is 0 Å². The van der Waals surface area contributed by atoms with Gasteiger partial charge in [0.2, 0.25) is 5.96 Å². The summed E-state index contributed by atoms with van der Waals surface area (Å²) in [6.07, 6.45) is 1.11. The summed E-state index contributed by atoms with van der Waals surface area (Å²) < 4.78 is 0. The van der Waals surface area contributed by atoms with Gasteiger partial charge in [-0.3, -0.25) is 0 Å². The van der Waals surface area contributed by atoms with Gasteiger partial charge in [0.1, 0.15) is 12.1 Å². The largest absolute Gasteiger partial charge is 0.388 e. The van der Waals surface area contributed by atoms with Crippen LogP contribution < -0.4 is 16.0 Å². The number of rotatable bonds is 2. The third-order valence-electron chi connectivity index (χ3n) is 4.61. The summed E-state index contributed by atoms with van der Waals surface area (Å²) in [6, 6.07) is 15.5. The summed E-state index contributed by atoms with van der Waals surface area (Å²) in [4.78, 5) is 5.68. The molecule has 2 aromatic rings. The summed E-state index contributed by atoms with van der Waals surface area (Å²) in [7, 11) is 0. The first kappa shape index (κ1) is 18.2. The molecule has 1 aliphatic heterocycles. The van der Waals surface area contributed by atoms with Crippen molar-refractivity contribution >= 4 is 17.3 Å². The van der Waals surface area contributed by atoms with Gasteiger partial charge in [-0.15, -0.1) is 0 Å². The monoisotopic (exact) mass is 360 g/mol. The van der Waals surface area contributed by atoms with Crippen LogP contribution in [0.2, 0.25) is 0 Å². The lowest BCUT2D eigenvalue weighted by atomic mass is 9.82. The predicted octanol–water partition coefficient (Wildman–Crippen LogP) is 2.47. The highest BCUT2D eigenvalue weighted by Gasteiger charge is 2.41. The number of nitrogens with two attached hydrogens (primary N) is 1. The molecule has 0 aromatic heterocycles.